The Hall–Kier alpha value is -1.40. The van der Waals surface area contributed by atoms with Crippen molar-refractivity contribution in [1.29, 1.82) is 0 Å². The van der Waals surface area contributed by atoms with Crippen LogP contribution in [0.2, 0.25) is 0 Å². The number of nitrogens with zero attached hydrogens (tertiary/aromatic N) is 2. The summed E-state index contributed by atoms with van der Waals surface area (Å²) >= 11 is 1.16. The van der Waals surface area contributed by atoms with Gasteiger partial charge in [-0.05, 0) is 36.4 Å². The highest BCUT2D eigenvalue weighted by molar-refractivity contribution is 7.99. The predicted octanol–water partition coefficient (Wildman–Crippen LogP) is 2.15. The first kappa shape index (κ1) is 11.1. The Morgan fingerprint density at radius 2 is 2.31 bits per heavy atom. The maximum Gasteiger partial charge on any atom is 0.188 e. The molecule has 0 saturated heterocycles. The van der Waals surface area contributed by atoms with Crippen LogP contribution in [0.4, 0.5) is 4.39 Å². The SMILES string of the molecule is CC(O)c1ccc(Sc2ncn[nH]2)c(F)c1. The van der Waals surface area contributed by atoms with Crippen LogP contribution in [0.5, 0.6) is 0 Å². The van der Waals surface area contributed by atoms with Gasteiger partial charge >= 0.3 is 0 Å². The molecule has 0 radical (unpaired) electrons. The summed E-state index contributed by atoms with van der Waals surface area (Å²) in [7, 11) is 0. The molecule has 2 N–H and O–H groups in total. The van der Waals surface area contributed by atoms with Gasteiger partial charge in [0, 0.05) is 0 Å². The van der Waals surface area contributed by atoms with Gasteiger partial charge in [0.15, 0.2) is 5.16 Å². The lowest BCUT2D eigenvalue weighted by Gasteiger charge is -2.06. The zero-order valence-corrected chi connectivity index (χ0v) is 9.33. The van der Waals surface area contributed by atoms with E-state index in [1.165, 1.54) is 12.4 Å². The number of aromatic amines is 1. The van der Waals surface area contributed by atoms with E-state index < -0.39 is 6.10 Å². The summed E-state index contributed by atoms with van der Waals surface area (Å²) in [6.07, 6.45) is 0.698. The quantitative estimate of drug-likeness (QED) is 0.861. The van der Waals surface area contributed by atoms with E-state index in [1.54, 1.807) is 19.1 Å². The summed E-state index contributed by atoms with van der Waals surface area (Å²) in [5.74, 6) is -0.375. The topological polar surface area (TPSA) is 61.8 Å². The average molecular weight is 239 g/mol. The van der Waals surface area contributed by atoms with Crippen molar-refractivity contribution in [3.05, 3.63) is 35.9 Å². The van der Waals surface area contributed by atoms with Gasteiger partial charge in [0.05, 0.1) is 11.0 Å². The second-order valence-electron chi connectivity index (χ2n) is 3.26. The first-order valence-electron chi connectivity index (χ1n) is 4.67. The Morgan fingerprint density at radius 3 is 2.88 bits per heavy atom. The molecule has 1 atom stereocenters. The van der Waals surface area contributed by atoms with Gasteiger partial charge in [-0.1, -0.05) is 6.07 Å². The van der Waals surface area contributed by atoms with Crippen molar-refractivity contribution in [2.75, 3.05) is 0 Å². The Bertz CT molecular complexity index is 473. The smallest absolute Gasteiger partial charge is 0.188 e. The number of H-pyrrole nitrogens is 1. The van der Waals surface area contributed by atoms with Gasteiger partial charge in [-0.3, -0.25) is 5.10 Å². The van der Waals surface area contributed by atoms with Gasteiger partial charge in [-0.25, -0.2) is 9.37 Å². The molecule has 1 heterocycles. The fraction of sp³-hybridized carbons (Fsp3) is 0.200. The number of benzene rings is 1. The molecular weight excluding hydrogens is 229 g/mol. The minimum absolute atomic E-state index is 0.375. The molecule has 0 fully saturated rings. The van der Waals surface area contributed by atoms with Crippen molar-refractivity contribution < 1.29 is 9.50 Å². The van der Waals surface area contributed by atoms with E-state index in [0.29, 0.717) is 15.6 Å². The van der Waals surface area contributed by atoms with Crippen LogP contribution in [0, 0.1) is 5.82 Å². The van der Waals surface area contributed by atoms with Crippen LogP contribution < -0.4 is 0 Å². The lowest BCUT2D eigenvalue weighted by Crippen LogP contribution is -1.93. The van der Waals surface area contributed by atoms with Crippen LogP contribution in [0.25, 0.3) is 0 Å². The minimum Gasteiger partial charge on any atom is -0.389 e. The third-order valence-corrected chi connectivity index (χ3v) is 2.98. The summed E-state index contributed by atoms with van der Waals surface area (Å²) in [6, 6.07) is 4.63. The van der Waals surface area contributed by atoms with Crippen molar-refractivity contribution in [2.45, 2.75) is 23.1 Å². The number of halogens is 1. The van der Waals surface area contributed by atoms with Gasteiger partial charge in [0.1, 0.15) is 12.1 Å². The number of aliphatic hydroxyl groups excluding tert-OH is 1. The van der Waals surface area contributed by atoms with Gasteiger partial charge in [0.2, 0.25) is 0 Å². The fourth-order valence-electron chi connectivity index (χ4n) is 1.21. The monoisotopic (exact) mass is 239 g/mol. The third kappa shape index (κ3) is 2.40. The van der Waals surface area contributed by atoms with Crippen LogP contribution in [0.15, 0.2) is 34.6 Å². The zero-order chi connectivity index (χ0) is 11.5. The number of rotatable bonds is 3. The molecule has 0 saturated carbocycles. The third-order valence-electron chi connectivity index (χ3n) is 2.04. The molecule has 0 aliphatic carbocycles. The summed E-state index contributed by atoms with van der Waals surface area (Å²) < 4.78 is 13.6. The lowest BCUT2D eigenvalue weighted by atomic mass is 10.1. The molecule has 2 aromatic rings. The van der Waals surface area contributed by atoms with E-state index in [0.717, 1.165) is 11.8 Å². The van der Waals surface area contributed by atoms with E-state index >= 15 is 0 Å². The molecule has 0 spiro atoms. The first-order valence-corrected chi connectivity index (χ1v) is 5.49. The maximum atomic E-state index is 13.6. The molecule has 2 rings (SSSR count). The molecule has 1 aromatic heterocycles. The molecule has 84 valence electrons. The minimum atomic E-state index is -0.668. The largest absolute Gasteiger partial charge is 0.389 e. The Morgan fingerprint density at radius 1 is 1.50 bits per heavy atom. The molecule has 16 heavy (non-hydrogen) atoms. The molecule has 6 heteroatoms. The second kappa shape index (κ2) is 4.63. The van der Waals surface area contributed by atoms with Gasteiger partial charge in [-0.15, -0.1) is 0 Å². The van der Waals surface area contributed by atoms with Crippen LogP contribution in [-0.2, 0) is 0 Å². The van der Waals surface area contributed by atoms with Gasteiger partial charge in [-0.2, -0.15) is 5.10 Å². The molecule has 0 aliphatic rings. The van der Waals surface area contributed by atoms with E-state index in [-0.39, 0.29) is 5.82 Å². The highest BCUT2D eigenvalue weighted by Crippen LogP contribution is 2.28. The molecular formula is C10H10FN3OS. The van der Waals surface area contributed by atoms with Crippen molar-refractivity contribution in [3.63, 3.8) is 0 Å². The Balaban J connectivity index is 2.23. The summed E-state index contributed by atoms with van der Waals surface area (Å²) in [5, 5.41) is 16.1. The molecule has 0 bridgehead atoms. The highest BCUT2D eigenvalue weighted by atomic mass is 32.2. The molecule has 0 aliphatic heterocycles. The zero-order valence-electron chi connectivity index (χ0n) is 8.51. The molecule has 1 aromatic carbocycles. The van der Waals surface area contributed by atoms with Crippen LogP contribution in [0.3, 0.4) is 0 Å². The first-order chi connectivity index (χ1) is 7.66. The maximum absolute atomic E-state index is 13.6. The van der Waals surface area contributed by atoms with Crippen LogP contribution in [0.1, 0.15) is 18.6 Å². The number of hydrogen-bond acceptors (Lipinski definition) is 4. The number of aliphatic hydroxyl groups is 1. The lowest BCUT2D eigenvalue weighted by molar-refractivity contribution is 0.198. The van der Waals surface area contributed by atoms with E-state index in [1.807, 2.05) is 0 Å². The normalized spacial score (nSPS) is 12.7. The summed E-state index contributed by atoms with van der Waals surface area (Å²) in [5.41, 5.74) is 0.555. The van der Waals surface area contributed by atoms with Gasteiger partial charge < -0.3 is 5.11 Å². The van der Waals surface area contributed by atoms with Crippen molar-refractivity contribution in [2.24, 2.45) is 0 Å². The Kier molecular flexibility index (Phi) is 3.21. The fourth-order valence-corrected chi connectivity index (χ4v) is 1.91. The molecule has 1 unspecified atom stereocenters. The molecule has 0 amide bonds. The second-order valence-corrected chi connectivity index (χ2v) is 4.29. The van der Waals surface area contributed by atoms with E-state index in [2.05, 4.69) is 15.2 Å². The highest BCUT2D eigenvalue weighted by Gasteiger charge is 2.09. The predicted molar refractivity (Wildman–Crippen MR) is 57.5 cm³/mol. The Labute approximate surface area is 95.9 Å². The van der Waals surface area contributed by atoms with Crippen LogP contribution in [-0.4, -0.2) is 20.3 Å². The number of aromatic nitrogens is 3. The van der Waals surface area contributed by atoms with Crippen molar-refractivity contribution in [3.8, 4) is 0 Å². The molecule has 4 nitrogen and oxygen atoms in total. The number of nitrogens with one attached hydrogen (secondary N) is 1. The van der Waals surface area contributed by atoms with Crippen molar-refractivity contribution in [1.82, 2.24) is 15.2 Å². The van der Waals surface area contributed by atoms with Crippen molar-refractivity contribution >= 4 is 11.8 Å². The van der Waals surface area contributed by atoms with Crippen LogP contribution >= 0.6 is 11.8 Å². The summed E-state index contributed by atoms with van der Waals surface area (Å²) in [6.45, 7) is 1.60. The standard InChI is InChI=1S/C10H10FN3OS/c1-6(15)7-2-3-9(8(11)4-7)16-10-12-5-13-14-10/h2-6,15H,1H3,(H,12,13,14). The number of hydrogen-bond donors (Lipinski definition) is 2. The van der Waals surface area contributed by atoms with E-state index in [4.69, 9.17) is 0 Å². The van der Waals surface area contributed by atoms with Gasteiger partial charge in [0.25, 0.3) is 0 Å². The van der Waals surface area contributed by atoms with E-state index in [9.17, 15) is 9.50 Å². The average Bonchev–Trinajstić information content (AvgIpc) is 2.73. The summed E-state index contributed by atoms with van der Waals surface area (Å²) in [4.78, 5) is 4.34.